The van der Waals surface area contributed by atoms with Crippen LogP contribution in [-0.2, 0) is 22.9 Å². The van der Waals surface area contributed by atoms with Crippen molar-refractivity contribution in [1.29, 1.82) is 0 Å². The van der Waals surface area contributed by atoms with Gasteiger partial charge in [0, 0.05) is 6.54 Å². The summed E-state index contributed by atoms with van der Waals surface area (Å²) in [7, 11) is -1.02. The fourth-order valence-corrected chi connectivity index (χ4v) is 4.36. The van der Waals surface area contributed by atoms with Crippen molar-refractivity contribution in [3.05, 3.63) is 0 Å². The van der Waals surface area contributed by atoms with E-state index in [0.717, 1.165) is 25.9 Å². The normalized spacial score (nSPS) is 12.6. The Kier molecular flexibility index (Phi) is 14.1. The van der Waals surface area contributed by atoms with Gasteiger partial charge in [0.2, 0.25) is 5.91 Å². The highest BCUT2D eigenvalue weighted by atomic mass is 31.2. The van der Waals surface area contributed by atoms with Crippen molar-refractivity contribution in [2.45, 2.75) is 19.8 Å². The van der Waals surface area contributed by atoms with Crippen LogP contribution in [0.15, 0.2) is 0 Å². The quantitative estimate of drug-likeness (QED) is 0.213. The summed E-state index contributed by atoms with van der Waals surface area (Å²) in [6.07, 6.45) is 1.74. The Morgan fingerprint density at radius 1 is 0.923 bits per heavy atom. The van der Waals surface area contributed by atoms with Crippen molar-refractivity contribution in [2.24, 2.45) is 0 Å². The Labute approximate surface area is 157 Å². The third kappa shape index (κ3) is 11.0. The van der Waals surface area contributed by atoms with Gasteiger partial charge in [-0.2, -0.15) is 27.9 Å². The molecule has 4 N–H and O–H groups in total. The summed E-state index contributed by atoms with van der Waals surface area (Å²) < 4.78 is 20.1. The lowest BCUT2D eigenvalue weighted by atomic mass is 10.4. The highest BCUT2D eigenvalue weighted by Gasteiger charge is 2.47. The number of hydrogen-bond acceptors (Lipinski definition) is 9. The predicted molar refractivity (Wildman–Crippen MR) is 104 cm³/mol. The Balaban J connectivity index is 4.66. The zero-order chi connectivity index (χ0) is 20.1. The summed E-state index contributed by atoms with van der Waals surface area (Å²) in [6.45, 7) is 4.35. The fourth-order valence-electron chi connectivity index (χ4n) is 2.03. The van der Waals surface area contributed by atoms with Gasteiger partial charge in [0.25, 0.3) is 0 Å². The van der Waals surface area contributed by atoms with E-state index >= 15 is 0 Å². The van der Waals surface area contributed by atoms with Crippen LogP contribution in [-0.4, -0.2) is 87.8 Å². The van der Waals surface area contributed by atoms with Gasteiger partial charge in [0.1, 0.15) is 0 Å². The van der Waals surface area contributed by atoms with Crippen LogP contribution in [0.2, 0.25) is 0 Å². The molecule has 12 heteroatoms. The first-order valence-corrected chi connectivity index (χ1v) is 11.9. The lowest BCUT2D eigenvalue weighted by Crippen LogP contribution is -2.40. The second-order valence-corrected chi connectivity index (χ2v) is 10.1. The maximum atomic E-state index is 12.2. The molecule has 0 atom stereocenters. The van der Waals surface area contributed by atoms with E-state index in [-0.39, 0.29) is 25.0 Å². The fraction of sp³-hybridized carbons (Fsp3) is 0.929. The van der Waals surface area contributed by atoms with E-state index in [0.29, 0.717) is 6.54 Å². The zero-order valence-corrected chi connectivity index (χ0v) is 18.2. The van der Waals surface area contributed by atoms with Crippen LogP contribution < -0.4 is 10.6 Å². The molecule has 0 bridgehead atoms. The van der Waals surface area contributed by atoms with Crippen molar-refractivity contribution >= 4 is 21.8 Å². The largest absolute Gasteiger partial charge is 0.423 e. The molecular formula is C14H35N3O7P2+2. The van der Waals surface area contributed by atoms with Gasteiger partial charge in [-0.3, -0.25) is 4.79 Å². The molecule has 1 amide bonds. The first-order valence-electron chi connectivity index (χ1n) is 8.42. The number of carbonyl (C=O) groups is 1. The van der Waals surface area contributed by atoms with Crippen molar-refractivity contribution < 1.29 is 32.7 Å². The van der Waals surface area contributed by atoms with Crippen LogP contribution in [0, 0.1) is 0 Å². The summed E-state index contributed by atoms with van der Waals surface area (Å²) in [4.78, 5) is 34.3. The molecule has 0 radical (unpaired) electrons. The molecule has 156 valence electrons. The van der Waals surface area contributed by atoms with Gasteiger partial charge < -0.3 is 10.6 Å². The number of rotatable bonds is 16. The topological polar surface area (TPSA) is 122 Å². The van der Waals surface area contributed by atoms with Gasteiger partial charge in [-0.05, 0) is 25.9 Å². The van der Waals surface area contributed by atoms with Crippen LogP contribution in [0.4, 0.5) is 0 Å². The van der Waals surface area contributed by atoms with E-state index in [9.17, 15) is 14.6 Å². The number of amides is 1. The third-order valence-corrected chi connectivity index (χ3v) is 7.34. The summed E-state index contributed by atoms with van der Waals surface area (Å²) in [5.74, 6) is -0.238. The molecule has 0 saturated heterocycles. The Morgan fingerprint density at radius 2 is 1.42 bits per heavy atom. The summed E-state index contributed by atoms with van der Waals surface area (Å²) >= 11 is 0. The minimum absolute atomic E-state index is 0.0630. The Morgan fingerprint density at radius 3 is 1.85 bits per heavy atom. The minimum Gasteiger partial charge on any atom is -0.355 e. The van der Waals surface area contributed by atoms with Crippen LogP contribution in [0.25, 0.3) is 0 Å². The van der Waals surface area contributed by atoms with Crippen molar-refractivity contribution in [3.8, 4) is 0 Å². The number of nitrogens with zero attached hydrogens (tertiary/aromatic N) is 1. The van der Waals surface area contributed by atoms with Crippen molar-refractivity contribution in [2.75, 3.05) is 67.2 Å². The molecule has 0 aliphatic heterocycles. The molecule has 0 unspecified atom stereocenters. The lowest BCUT2D eigenvalue weighted by Gasteiger charge is -2.25. The molecule has 0 aromatic heterocycles. The molecule has 0 rings (SSSR count). The van der Waals surface area contributed by atoms with Gasteiger partial charge >= 0.3 is 15.9 Å². The molecule has 0 aliphatic carbocycles. The van der Waals surface area contributed by atoms with Gasteiger partial charge in [-0.1, -0.05) is 6.92 Å². The summed E-state index contributed by atoms with van der Waals surface area (Å²) in [6, 6.07) is 0. The first kappa shape index (κ1) is 26.0. The zero-order valence-electron chi connectivity index (χ0n) is 16.4. The number of hydrogen-bond donors (Lipinski definition) is 4. The molecule has 0 aromatic carbocycles. The summed E-state index contributed by atoms with van der Waals surface area (Å²) in [5, 5.41) is 6.07. The van der Waals surface area contributed by atoms with Gasteiger partial charge in [0.05, 0.1) is 35.0 Å². The standard InChI is InChI=1S/C14H34N3O7P2/c1-6-8-15-9-7-10-16-14(18)11-17(12-25(19,21-2)22-3)13-26(20,23-4)24-5/h15,19-20H,6-13H2,1-5H3/q+1/p+1. The van der Waals surface area contributed by atoms with Crippen LogP contribution in [0.1, 0.15) is 19.8 Å². The molecule has 0 aliphatic rings. The number of carbonyl (C=O) groups excluding carboxylic acids is 1. The van der Waals surface area contributed by atoms with E-state index in [1.165, 1.54) is 33.3 Å². The van der Waals surface area contributed by atoms with Gasteiger partial charge in [0.15, 0.2) is 12.6 Å². The highest BCUT2D eigenvalue weighted by Crippen LogP contribution is 2.59. The Bertz CT molecular complexity index is 366. The van der Waals surface area contributed by atoms with Gasteiger partial charge in [-0.15, -0.1) is 0 Å². The van der Waals surface area contributed by atoms with Crippen LogP contribution >= 0.6 is 15.9 Å². The van der Waals surface area contributed by atoms with E-state index in [2.05, 4.69) is 17.6 Å². The maximum absolute atomic E-state index is 12.2. The highest BCUT2D eigenvalue weighted by molar-refractivity contribution is 7.61. The lowest BCUT2D eigenvalue weighted by molar-refractivity contribution is -0.121. The van der Waals surface area contributed by atoms with E-state index < -0.39 is 15.9 Å². The summed E-state index contributed by atoms with van der Waals surface area (Å²) in [5.41, 5.74) is 0. The van der Waals surface area contributed by atoms with Crippen LogP contribution in [0.3, 0.4) is 0 Å². The second kappa shape index (κ2) is 14.1. The smallest absolute Gasteiger partial charge is 0.355 e. The monoisotopic (exact) mass is 419 g/mol. The Hall–Kier alpha value is 0.01000. The minimum atomic E-state index is -3.16. The molecule has 0 spiro atoms. The van der Waals surface area contributed by atoms with Crippen LogP contribution in [0.5, 0.6) is 0 Å². The SMILES string of the molecule is CCCNCCCNC(=O)CN(C[P+](O)(OC)OC)C[P+](O)(OC)OC. The number of nitrogens with one attached hydrogen (secondary N) is 2. The second-order valence-electron chi connectivity index (χ2n) is 5.57. The van der Waals surface area contributed by atoms with E-state index in [1.54, 1.807) is 0 Å². The molecule has 0 saturated carbocycles. The molecule has 0 aromatic rings. The predicted octanol–water partition coefficient (Wildman–Crippen LogP) is 0.805. The maximum Gasteiger partial charge on any atom is 0.423 e. The molecule has 10 nitrogen and oxygen atoms in total. The molecule has 0 heterocycles. The average Bonchev–Trinajstić information content (AvgIpc) is 2.64. The molecular weight excluding hydrogens is 384 g/mol. The first-order chi connectivity index (χ1) is 12.3. The molecule has 0 fully saturated rings. The van der Waals surface area contributed by atoms with Gasteiger partial charge in [-0.25, -0.2) is 4.90 Å². The third-order valence-electron chi connectivity index (χ3n) is 3.55. The van der Waals surface area contributed by atoms with E-state index in [4.69, 9.17) is 18.1 Å². The van der Waals surface area contributed by atoms with E-state index in [1.807, 2.05) is 0 Å². The van der Waals surface area contributed by atoms with Crippen molar-refractivity contribution in [1.82, 2.24) is 15.5 Å². The van der Waals surface area contributed by atoms with Crippen molar-refractivity contribution in [3.63, 3.8) is 0 Å². The molecule has 26 heavy (non-hydrogen) atoms. The average molecular weight is 419 g/mol.